The number of pyridine rings is 1. The van der Waals surface area contributed by atoms with Gasteiger partial charge in [-0.25, -0.2) is 0 Å². The summed E-state index contributed by atoms with van der Waals surface area (Å²) >= 11 is 0. The first-order chi connectivity index (χ1) is 13.8. The van der Waals surface area contributed by atoms with Crippen molar-refractivity contribution in [2.24, 2.45) is 0 Å². The van der Waals surface area contributed by atoms with Gasteiger partial charge in [0.05, 0.1) is 7.11 Å². The van der Waals surface area contributed by atoms with Crippen molar-refractivity contribution in [3.8, 4) is 5.75 Å². The number of carbonyl (C=O) groups is 1. The van der Waals surface area contributed by atoms with Crippen molar-refractivity contribution in [3.63, 3.8) is 0 Å². The third-order valence-electron chi connectivity index (χ3n) is 5.14. The highest BCUT2D eigenvalue weighted by molar-refractivity contribution is 5.93. The summed E-state index contributed by atoms with van der Waals surface area (Å²) in [5.41, 5.74) is 2.87. The molecular formula is C24H28N2O3. The van der Waals surface area contributed by atoms with Gasteiger partial charge < -0.3 is 14.6 Å². The summed E-state index contributed by atoms with van der Waals surface area (Å²) in [5.74, 6) is 1.04. The number of nitrogens with zero attached hydrogens (tertiary/aromatic N) is 1. The Labute approximate surface area is 171 Å². The molecule has 1 aromatic heterocycles. The standard InChI is InChI=1S/C24H28N2O3/c1-15(2)19-7-6-8-20(16(3)4)23(19)25-22(27)14-26-12-11-17-13-18(29-5)9-10-21(17)24(26)28/h6-13,15-16H,14H2,1-5H3,(H,25,27). The van der Waals surface area contributed by atoms with Crippen LogP contribution in [0.5, 0.6) is 5.75 Å². The normalized spacial score (nSPS) is 11.3. The number of fused-ring (bicyclic) bond motifs is 1. The van der Waals surface area contributed by atoms with E-state index in [4.69, 9.17) is 4.74 Å². The lowest BCUT2D eigenvalue weighted by Crippen LogP contribution is -2.28. The fourth-order valence-corrected chi connectivity index (χ4v) is 3.55. The van der Waals surface area contributed by atoms with Crippen LogP contribution in [0.1, 0.15) is 50.7 Å². The zero-order chi connectivity index (χ0) is 21.1. The molecule has 3 aromatic rings. The minimum atomic E-state index is -0.213. The van der Waals surface area contributed by atoms with Crippen molar-refractivity contribution in [1.82, 2.24) is 4.57 Å². The number of methoxy groups -OCH3 is 1. The SMILES string of the molecule is COc1ccc2c(=O)n(CC(=O)Nc3c(C(C)C)cccc3C(C)C)ccc2c1. The molecule has 0 spiro atoms. The first kappa shape index (κ1) is 20.6. The first-order valence-corrected chi connectivity index (χ1v) is 9.91. The van der Waals surface area contributed by atoms with E-state index in [0.29, 0.717) is 11.1 Å². The van der Waals surface area contributed by atoms with E-state index in [1.807, 2.05) is 30.3 Å². The van der Waals surface area contributed by atoms with Crippen LogP contribution in [-0.4, -0.2) is 17.6 Å². The molecule has 0 unspecified atom stereocenters. The van der Waals surface area contributed by atoms with Gasteiger partial charge in [0.1, 0.15) is 12.3 Å². The molecular weight excluding hydrogens is 364 g/mol. The molecule has 152 valence electrons. The van der Waals surface area contributed by atoms with Crippen molar-refractivity contribution in [2.75, 3.05) is 12.4 Å². The van der Waals surface area contributed by atoms with E-state index in [2.05, 4.69) is 33.0 Å². The second-order valence-corrected chi connectivity index (χ2v) is 7.87. The fraction of sp³-hybridized carbons (Fsp3) is 0.333. The zero-order valence-corrected chi connectivity index (χ0v) is 17.7. The number of benzene rings is 2. The number of para-hydroxylation sites is 1. The Balaban J connectivity index is 1.90. The third kappa shape index (κ3) is 4.34. The quantitative estimate of drug-likeness (QED) is 0.649. The van der Waals surface area contributed by atoms with E-state index in [1.54, 1.807) is 25.4 Å². The van der Waals surface area contributed by atoms with E-state index in [1.165, 1.54) is 4.57 Å². The van der Waals surface area contributed by atoms with Crippen molar-refractivity contribution < 1.29 is 9.53 Å². The molecule has 0 radical (unpaired) electrons. The molecule has 0 aliphatic rings. The largest absolute Gasteiger partial charge is 0.497 e. The summed E-state index contributed by atoms with van der Waals surface area (Å²) < 4.78 is 6.65. The molecule has 0 saturated heterocycles. The van der Waals surface area contributed by atoms with Gasteiger partial charge in [-0.15, -0.1) is 0 Å². The summed E-state index contributed by atoms with van der Waals surface area (Å²) in [6.45, 7) is 8.40. The minimum Gasteiger partial charge on any atom is -0.497 e. The Kier molecular flexibility index (Phi) is 6.06. The monoisotopic (exact) mass is 392 g/mol. The van der Waals surface area contributed by atoms with Crippen molar-refractivity contribution >= 4 is 22.4 Å². The highest BCUT2D eigenvalue weighted by Crippen LogP contribution is 2.32. The average molecular weight is 392 g/mol. The van der Waals surface area contributed by atoms with E-state index in [-0.39, 0.29) is 29.8 Å². The molecule has 3 rings (SSSR count). The maximum absolute atomic E-state index is 12.8. The summed E-state index contributed by atoms with van der Waals surface area (Å²) in [6.07, 6.45) is 1.65. The molecule has 5 nitrogen and oxygen atoms in total. The van der Waals surface area contributed by atoms with Crippen LogP contribution in [0.4, 0.5) is 5.69 Å². The number of nitrogens with one attached hydrogen (secondary N) is 1. The Morgan fingerprint density at radius 1 is 1.03 bits per heavy atom. The summed E-state index contributed by atoms with van der Waals surface area (Å²) in [5, 5.41) is 4.42. The van der Waals surface area contributed by atoms with Crippen LogP contribution in [0.15, 0.2) is 53.5 Å². The second kappa shape index (κ2) is 8.52. The molecule has 0 saturated carbocycles. The number of rotatable bonds is 6. The summed E-state index contributed by atoms with van der Waals surface area (Å²) in [4.78, 5) is 25.6. The molecule has 0 fully saturated rings. The highest BCUT2D eigenvalue weighted by Gasteiger charge is 2.16. The van der Waals surface area contributed by atoms with Crippen LogP contribution < -0.4 is 15.6 Å². The predicted molar refractivity (Wildman–Crippen MR) is 118 cm³/mol. The van der Waals surface area contributed by atoms with Gasteiger partial charge in [-0.05, 0) is 52.6 Å². The molecule has 2 aromatic carbocycles. The first-order valence-electron chi connectivity index (χ1n) is 9.91. The average Bonchev–Trinajstić information content (AvgIpc) is 2.69. The highest BCUT2D eigenvalue weighted by atomic mass is 16.5. The number of carbonyl (C=O) groups excluding carboxylic acids is 1. The van der Waals surface area contributed by atoms with E-state index in [0.717, 1.165) is 22.2 Å². The van der Waals surface area contributed by atoms with Gasteiger partial charge in [0.15, 0.2) is 0 Å². The summed E-state index contributed by atoms with van der Waals surface area (Å²) in [6, 6.07) is 13.2. The van der Waals surface area contributed by atoms with Gasteiger partial charge in [0.25, 0.3) is 5.56 Å². The Morgan fingerprint density at radius 2 is 1.69 bits per heavy atom. The number of ether oxygens (including phenoxy) is 1. The molecule has 1 heterocycles. The van der Waals surface area contributed by atoms with Crippen molar-refractivity contribution in [3.05, 3.63) is 70.1 Å². The van der Waals surface area contributed by atoms with Gasteiger partial charge in [-0.2, -0.15) is 0 Å². The maximum atomic E-state index is 12.8. The summed E-state index contributed by atoms with van der Waals surface area (Å²) in [7, 11) is 1.59. The molecule has 0 atom stereocenters. The Hall–Kier alpha value is -3.08. The van der Waals surface area contributed by atoms with Crippen LogP contribution in [-0.2, 0) is 11.3 Å². The Morgan fingerprint density at radius 3 is 2.28 bits per heavy atom. The number of hydrogen-bond donors (Lipinski definition) is 1. The lowest BCUT2D eigenvalue weighted by atomic mass is 9.92. The molecule has 0 aliphatic carbocycles. The van der Waals surface area contributed by atoms with Crippen LogP contribution in [0.3, 0.4) is 0 Å². The predicted octanol–water partition coefficient (Wildman–Crippen LogP) is 4.90. The van der Waals surface area contributed by atoms with E-state index in [9.17, 15) is 9.59 Å². The fourth-order valence-electron chi connectivity index (χ4n) is 3.55. The number of anilines is 1. The van der Waals surface area contributed by atoms with E-state index < -0.39 is 0 Å². The third-order valence-corrected chi connectivity index (χ3v) is 5.14. The zero-order valence-electron chi connectivity index (χ0n) is 17.7. The number of hydrogen-bond acceptors (Lipinski definition) is 3. The molecule has 5 heteroatoms. The number of amides is 1. The van der Waals surface area contributed by atoms with Gasteiger partial charge in [0.2, 0.25) is 5.91 Å². The minimum absolute atomic E-state index is 0.0369. The van der Waals surface area contributed by atoms with Gasteiger partial charge in [0, 0.05) is 17.3 Å². The van der Waals surface area contributed by atoms with Gasteiger partial charge in [-0.1, -0.05) is 45.9 Å². The molecule has 1 N–H and O–H groups in total. The second-order valence-electron chi connectivity index (χ2n) is 7.87. The number of aromatic nitrogens is 1. The van der Waals surface area contributed by atoms with Crippen LogP contribution >= 0.6 is 0 Å². The van der Waals surface area contributed by atoms with Crippen LogP contribution in [0.25, 0.3) is 10.8 Å². The van der Waals surface area contributed by atoms with Crippen LogP contribution in [0, 0.1) is 0 Å². The molecule has 0 aliphatic heterocycles. The van der Waals surface area contributed by atoms with Crippen LogP contribution in [0.2, 0.25) is 0 Å². The molecule has 0 bridgehead atoms. The van der Waals surface area contributed by atoms with Crippen molar-refractivity contribution in [2.45, 2.75) is 46.1 Å². The lowest BCUT2D eigenvalue weighted by molar-refractivity contribution is -0.116. The lowest BCUT2D eigenvalue weighted by Gasteiger charge is -2.20. The smallest absolute Gasteiger partial charge is 0.258 e. The topological polar surface area (TPSA) is 60.3 Å². The molecule has 29 heavy (non-hydrogen) atoms. The maximum Gasteiger partial charge on any atom is 0.258 e. The van der Waals surface area contributed by atoms with Gasteiger partial charge >= 0.3 is 0 Å². The van der Waals surface area contributed by atoms with E-state index >= 15 is 0 Å². The molecule has 1 amide bonds. The Bertz CT molecular complexity index is 1070. The van der Waals surface area contributed by atoms with Crippen molar-refractivity contribution in [1.29, 1.82) is 0 Å². The van der Waals surface area contributed by atoms with Gasteiger partial charge in [-0.3, -0.25) is 9.59 Å².